The third-order valence-electron chi connectivity index (χ3n) is 10.5. The number of rotatable bonds is 10. The Morgan fingerprint density at radius 1 is 0.617 bits per heavy atom. The standard InChI is InChI=1S/C44H58O2S/c1-31-15-21-37(22-16-31)41(29-33(3)19-25-39-35(5)13-11-27-43(39,7)8)47(45,46)42(38-23-17-32(2)18-24-38)30-34(4)20-26-40-36(6)14-12-28-44(40,9)10/h15-26,29-30,41-42H,11-14,27-28H2,1-10H3. The predicted octanol–water partition coefficient (Wildman–Crippen LogP) is 12.6. The molecule has 0 aliphatic heterocycles. The Balaban J connectivity index is 1.82. The predicted molar refractivity (Wildman–Crippen MR) is 203 cm³/mol. The maximum Gasteiger partial charge on any atom is 0.171 e. The van der Waals surface area contributed by atoms with Crippen molar-refractivity contribution in [3.63, 3.8) is 0 Å². The lowest BCUT2D eigenvalue weighted by atomic mass is 9.72. The van der Waals surface area contributed by atoms with E-state index in [0.717, 1.165) is 46.2 Å². The molecular weight excluding hydrogens is 593 g/mol. The van der Waals surface area contributed by atoms with Crippen molar-refractivity contribution in [3.8, 4) is 0 Å². The van der Waals surface area contributed by atoms with Crippen LogP contribution < -0.4 is 0 Å². The molecule has 4 rings (SSSR count). The lowest BCUT2D eigenvalue weighted by Gasteiger charge is -2.33. The summed E-state index contributed by atoms with van der Waals surface area (Å²) in [5.74, 6) is 0. The molecule has 0 N–H and O–H groups in total. The van der Waals surface area contributed by atoms with Gasteiger partial charge < -0.3 is 0 Å². The van der Waals surface area contributed by atoms with Gasteiger partial charge in [0.1, 0.15) is 10.5 Å². The molecule has 2 atom stereocenters. The van der Waals surface area contributed by atoms with Gasteiger partial charge in [0.15, 0.2) is 9.84 Å². The van der Waals surface area contributed by atoms with E-state index in [1.54, 1.807) is 0 Å². The van der Waals surface area contributed by atoms with Gasteiger partial charge in [0.2, 0.25) is 0 Å². The monoisotopic (exact) mass is 650 g/mol. The van der Waals surface area contributed by atoms with Crippen LogP contribution in [0.25, 0.3) is 0 Å². The van der Waals surface area contributed by atoms with Gasteiger partial charge in [-0.3, -0.25) is 0 Å². The summed E-state index contributed by atoms with van der Waals surface area (Å²) >= 11 is 0. The highest BCUT2D eigenvalue weighted by Gasteiger charge is 2.34. The van der Waals surface area contributed by atoms with E-state index in [1.165, 1.54) is 48.0 Å². The molecular formula is C44H58O2S. The van der Waals surface area contributed by atoms with Gasteiger partial charge in [0, 0.05) is 0 Å². The highest BCUT2D eigenvalue weighted by molar-refractivity contribution is 7.92. The molecule has 0 saturated heterocycles. The van der Waals surface area contributed by atoms with Crippen LogP contribution in [0.1, 0.15) is 127 Å². The molecule has 3 heteroatoms. The summed E-state index contributed by atoms with van der Waals surface area (Å²) in [6.45, 7) is 21.9. The van der Waals surface area contributed by atoms with Crippen molar-refractivity contribution in [1.29, 1.82) is 0 Å². The second kappa shape index (κ2) is 14.9. The van der Waals surface area contributed by atoms with Gasteiger partial charge in [-0.15, -0.1) is 0 Å². The molecule has 0 bridgehead atoms. The fourth-order valence-corrected chi connectivity index (χ4v) is 9.67. The molecule has 2 aliphatic carbocycles. The van der Waals surface area contributed by atoms with Crippen LogP contribution in [0, 0.1) is 24.7 Å². The zero-order chi connectivity index (χ0) is 34.6. The zero-order valence-electron chi connectivity index (χ0n) is 30.7. The molecule has 0 aromatic heterocycles. The van der Waals surface area contributed by atoms with Crippen LogP contribution in [0.5, 0.6) is 0 Å². The molecule has 0 heterocycles. The summed E-state index contributed by atoms with van der Waals surface area (Å²) < 4.78 is 30.1. The average molecular weight is 651 g/mol. The largest absolute Gasteiger partial charge is 0.227 e. The van der Waals surface area contributed by atoms with Crippen LogP contribution in [-0.2, 0) is 9.84 Å². The maximum atomic E-state index is 15.0. The van der Waals surface area contributed by atoms with Crippen LogP contribution in [-0.4, -0.2) is 8.42 Å². The second-order valence-corrected chi connectivity index (χ2v) is 17.8. The molecule has 0 spiro atoms. The Morgan fingerprint density at radius 3 is 1.28 bits per heavy atom. The highest BCUT2D eigenvalue weighted by atomic mass is 32.2. The van der Waals surface area contributed by atoms with Crippen LogP contribution >= 0.6 is 0 Å². The third kappa shape index (κ3) is 9.05. The zero-order valence-corrected chi connectivity index (χ0v) is 31.5. The van der Waals surface area contributed by atoms with Crippen molar-refractivity contribution in [3.05, 3.63) is 141 Å². The minimum atomic E-state index is -3.78. The molecule has 2 aliphatic rings. The molecule has 0 fully saturated rings. The van der Waals surface area contributed by atoms with Crippen molar-refractivity contribution in [1.82, 2.24) is 0 Å². The second-order valence-electron chi connectivity index (χ2n) is 15.6. The summed E-state index contributed by atoms with van der Waals surface area (Å²) in [5.41, 5.74) is 11.6. The quantitative estimate of drug-likeness (QED) is 0.240. The number of sulfone groups is 1. The normalized spacial score (nSPS) is 20.7. The van der Waals surface area contributed by atoms with Crippen molar-refractivity contribution < 1.29 is 8.42 Å². The van der Waals surface area contributed by atoms with Crippen LogP contribution in [0.15, 0.2) is 118 Å². The van der Waals surface area contributed by atoms with Gasteiger partial charge in [-0.05, 0) is 113 Å². The number of allylic oxidation sites excluding steroid dienone is 10. The number of aryl methyl sites for hydroxylation is 2. The maximum absolute atomic E-state index is 15.0. The van der Waals surface area contributed by atoms with Crippen LogP contribution in [0.3, 0.4) is 0 Å². The smallest absolute Gasteiger partial charge is 0.171 e. The van der Waals surface area contributed by atoms with Crippen molar-refractivity contribution >= 4 is 9.84 Å². The van der Waals surface area contributed by atoms with Gasteiger partial charge in [-0.2, -0.15) is 0 Å². The van der Waals surface area contributed by atoms with E-state index in [1.807, 2.05) is 88.4 Å². The van der Waals surface area contributed by atoms with Gasteiger partial charge in [-0.1, -0.05) is 146 Å². The molecule has 0 radical (unpaired) electrons. The van der Waals surface area contributed by atoms with E-state index >= 15 is 8.42 Å². The SMILES string of the molecule is CC(C=CC1=C(C)CCCC1(C)C)=CC(c1ccc(C)cc1)S(=O)(=O)C(C=C(C)C=CC1=C(C)CCCC1(C)C)c1ccc(C)cc1. The van der Waals surface area contributed by atoms with Crippen molar-refractivity contribution in [2.24, 2.45) is 10.8 Å². The Morgan fingerprint density at radius 2 is 0.957 bits per heavy atom. The van der Waals surface area contributed by atoms with Crippen LogP contribution in [0.4, 0.5) is 0 Å². The summed E-state index contributed by atoms with van der Waals surface area (Å²) in [6.07, 6.45) is 19.6. The molecule has 2 unspecified atom stereocenters. The number of hydrogen-bond acceptors (Lipinski definition) is 2. The van der Waals surface area contributed by atoms with Crippen LogP contribution in [0.2, 0.25) is 0 Å². The van der Waals surface area contributed by atoms with Crippen molar-refractivity contribution in [2.45, 2.75) is 118 Å². The van der Waals surface area contributed by atoms with E-state index in [0.29, 0.717) is 0 Å². The van der Waals surface area contributed by atoms with E-state index in [9.17, 15) is 0 Å². The summed E-state index contributed by atoms with van der Waals surface area (Å²) in [6, 6.07) is 16.0. The van der Waals surface area contributed by atoms with E-state index in [-0.39, 0.29) is 10.8 Å². The Bertz CT molecular complexity index is 1590. The van der Waals surface area contributed by atoms with E-state index in [2.05, 4.69) is 65.8 Å². The lowest BCUT2D eigenvalue weighted by molar-refractivity contribution is 0.376. The lowest BCUT2D eigenvalue weighted by Crippen LogP contribution is -2.20. The Labute approximate surface area is 287 Å². The molecule has 252 valence electrons. The first-order valence-corrected chi connectivity index (χ1v) is 19.1. The minimum Gasteiger partial charge on any atom is -0.227 e. The fraction of sp³-hybridized carbons (Fsp3) is 0.455. The Kier molecular flexibility index (Phi) is 11.7. The molecule has 2 aromatic carbocycles. The first-order chi connectivity index (χ1) is 22.0. The summed E-state index contributed by atoms with van der Waals surface area (Å²) in [5, 5.41) is -1.60. The van der Waals surface area contributed by atoms with E-state index in [4.69, 9.17) is 0 Å². The van der Waals surface area contributed by atoms with Gasteiger partial charge in [0.25, 0.3) is 0 Å². The molecule has 0 saturated carbocycles. The van der Waals surface area contributed by atoms with Gasteiger partial charge >= 0.3 is 0 Å². The molecule has 2 aromatic rings. The highest BCUT2D eigenvalue weighted by Crippen LogP contribution is 2.43. The topological polar surface area (TPSA) is 34.1 Å². The summed E-state index contributed by atoms with van der Waals surface area (Å²) in [4.78, 5) is 0. The minimum absolute atomic E-state index is 0.120. The third-order valence-corrected chi connectivity index (χ3v) is 12.7. The van der Waals surface area contributed by atoms with E-state index < -0.39 is 20.3 Å². The van der Waals surface area contributed by atoms with Gasteiger partial charge in [-0.25, -0.2) is 8.42 Å². The molecule has 47 heavy (non-hydrogen) atoms. The molecule has 2 nitrogen and oxygen atoms in total. The number of hydrogen-bond donors (Lipinski definition) is 0. The Hall–Kier alpha value is -3.17. The van der Waals surface area contributed by atoms with Crippen molar-refractivity contribution in [2.75, 3.05) is 0 Å². The average Bonchev–Trinajstić information content (AvgIpc) is 2.98. The first kappa shape index (κ1) is 36.7. The summed E-state index contributed by atoms with van der Waals surface area (Å²) in [7, 11) is -3.78. The first-order valence-electron chi connectivity index (χ1n) is 17.5. The fourth-order valence-electron chi connectivity index (χ4n) is 7.47. The van der Waals surface area contributed by atoms with Gasteiger partial charge in [0.05, 0.1) is 0 Å². The number of benzene rings is 2. The molecule has 0 amide bonds.